The van der Waals surface area contributed by atoms with Gasteiger partial charge in [0.1, 0.15) is 0 Å². The van der Waals surface area contributed by atoms with E-state index >= 15 is 0 Å². The van der Waals surface area contributed by atoms with Gasteiger partial charge in [-0.1, -0.05) is 60.3 Å². The number of tetrazole rings is 1. The largest absolute Gasteiger partial charge is 0.280 e. The Morgan fingerprint density at radius 3 is 2.29 bits per heavy atom. The zero-order chi connectivity index (χ0) is 21.2. The predicted octanol–water partition coefficient (Wildman–Crippen LogP) is 4.53. The van der Waals surface area contributed by atoms with Gasteiger partial charge in [0.2, 0.25) is 11.1 Å². The Hall–Kier alpha value is -3.45. The molecule has 0 atom stereocenters. The Morgan fingerprint density at radius 1 is 0.935 bits per heavy atom. The summed E-state index contributed by atoms with van der Waals surface area (Å²) in [5, 5.41) is 12.7. The Kier molecular flexibility index (Phi) is 5.26. The molecule has 3 aromatic carbocycles. The van der Waals surface area contributed by atoms with Crippen LogP contribution in [0.2, 0.25) is 0 Å². The molecule has 5 rings (SSSR count). The maximum Gasteiger partial charge on any atom is 0.242 e. The molecule has 0 saturated heterocycles. The maximum atomic E-state index is 13.5. The van der Waals surface area contributed by atoms with Crippen LogP contribution in [0, 0.1) is 6.92 Å². The average molecular weight is 428 g/mol. The molecule has 0 saturated carbocycles. The number of nitrogens with zero attached hydrogens (tertiary/aromatic N) is 5. The SMILES string of the molecule is Cc1cccc(-n2nnnc2SCC(=O)N2c3ccccc3CCc3ccccc32)c1. The molecule has 0 bridgehead atoms. The second kappa shape index (κ2) is 8.35. The fourth-order valence-corrected chi connectivity index (χ4v) is 4.67. The predicted molar refractivity (Wildman–Crippen MR) is 122 cm³/mol. The van der Waals surface area contributed by atoms with Crippen molar-refractivity contribution in [3.05, 3.63) is 89.5 Å². The van der Waals surface area contributed by atoms with Crippen molar-refractivity contribution in [1.29, 1.82) is 0 Å². The number of hydrogen-bond donors (Lipinski definition) is 0. The molecule has 7 heteroatoms. The van der Waals surface area contributed by atoms with Gasteiger partial charge in [0.25, 0.3) is 0 Å². The van der Waals surface area contributed by atoms with Crippen molar-refractivity contribution in [2.45, 2.75) is 24.9 Å². The first-order valence-electron chi connectivity index (χ1n) is 10.2. The minimum absolute atomic E-state index is 0.00518. The van der Waals surface area contributed by atoms with Gasteiger partial charge in [-0.25, -0.2) is 0 Å². The Morgan fingerprint density at radius 2 is 1.61 bits per heavy atom. The molecule has 1 amide bonds. The van der Waals surface area contributed by atoms with Gasteiger partial charge in [-0.05, 0) is 71.1 Å². The summed E-state index contributed by atoms with van der Waals surface area (Å²) in [7, 11) is 0. The van der Waals surface area contributed by atoms with Crippen LogP contribution in [0.1, 0.15) is 16.7 Å². The van der Waals surface area contributed by atoms with Crippen molar-refractivity contribution < 1.29 is 4.79 Å². The van der Waals surface area contributed by atoms with E-state index in [9.17, 15) is 4.79 Å². The van der Waals surface area contributed by atoms with E-state index in [-0.39, 0.29) is 11.7 Å². The summed E-state index contributed by atoms with van der Waals surface area (Å²) in [5.74, 6) is 0.236. The van der Waals surface area contributed by atoms with E-state index in [0.717, 1.165) is 35.5 Å². The summed E-state index contributed by atoms with van der Waals surface area (Å²) in [6.07, 6.45) is 1.82. The highest BCUT2D eigenvalue weighted by Crippen LogP contribution is 2.36. The summed E-state index contributed by atoms with van der Waals surface area (Å²) in [6, 6.07) is 24.3. The van der Waals surface area contributed by atoms with Gasteiger partial charge in [0, 0.05) is 0 Å². The lowest BCUT2D eigenvalue weighted by molar-refractivity contribution is -0.115. The quantitative estimate of drug-likeness (QED) is 0.448. The second-order valence-electron chi connectivity index (χ2n) is 7.49. The Balaban J connectivity index is 1.44. The number of hydrogen-bond acceptors (Lipinski definition) is 5. The minimum atomic E-state index is 0.00518. The van der Waals surface area contributed by atoms with Crippen molar-refractivity contribution in [1.82, 2.24) is 20.2 Å². The number of amides is 1. The second-order valence-corrected chi connectivity index (χ2v) is 8.43. The summed E-state index contributed by atoms with van der Waals surface area (Å²) >= 11 is 1.35. The van der Waals surface area contributed by atoms with Gasteiger partial charge in [-0.15, -0.1) is 5.10 Å². The first-order valence-corrected chi connectivity index (χ1v) is 11.2. The number of thioether (sulfide) groups is 1. The van der Waals surface area contributed by atoms with E-state index < -0.39 is 0 Å². The van der Waals surface area contributed by atoms with Crippen LogP contribution in [0.15, 0.2) is 78.0 Å². The van der Waals surface area contributed by atoms with E-state index in [1.807, 2.05) is 72.5 Å². The molecule has 2 heterocycles. The zero-order valence-corrected chi connectivity index (χ0v) is 17.9. The highest BCUT2D eigenvalue weighted by atomic mass is 32.2. The molecular weight excluding hydrogens is 406 g/mol. The molecule has 0 aliphatic carbocycles. The molecule has 0 fully saturated rings. The van der Waals surface area contributed by atoms with E-state index in [1.165, 1.54) is 22.9 Å². The highest BCUT2D eigenvalue weighted by molar-refractivity contribution is 7.99. The van der Waals surface area contributed by atoms with Gasteiger partial charge < -0.3 is 0 Å². The summed E-state index contributed by atoms with van der Waals surface area (Å²) in [4.78, 5) is 15.4. The standard InChI is InChI=1S/C24H21N5OS/c1-17-7-6-10-20(15-17)29-24(25-26-27-29)31-16-23(30)28-21-11-4-2-8-18(21)13-14-19-9-3-5-12-22(19)28/h2-12,15H,13-14,16H2,1H3. The lowest BCUT2D eigenvalue weighted by atomic mass is 10.0. The van der Waals surface area contributed by atoms with Crippen LogP contribution in [0.3, 0.4) is 0 Å². The zero-order valence-electron chi connectivity index (χ0n) is 17.1. The van der Waals surface area contributed by atoms with Crippen molar-refractivity contribution in [2.24, 2.45) is 0 Å². The van der Waals surface area contributed by atoms with E-state index in [1.54, 1.807) is 4.68 Å². The third-order valence-electron chi connectivity index (χ3n) is 5.39. The van der Waals surface area contributed by atoms with Crippen molar-refractivity contribution >= 4 is 29.0 Å². The summed E-state index contributed by atoms with van der Waals surface area (Å²) in [6.45, 7) is 2.03. The number of carbonyl (C=O) groups is 1. The first-order chi connectivity index (χ1) is 15.2. The molecule has 0 radical (unpaired) electrons. The van der Waals surface area contributed by atoms with Crippen LogP contribution in [0.5, 0.6) is 0 Å². The van der Waals surface area contributed by atoms with Crippen molar-refractivity contribution in [3.63, 3.8) is 0 Å². The number of para-hydroxylation sites is 2. The lowest BCUT2D eigenvalue weighted by Gasteiger charge is -2.24. The Bertz CT molecular complexity index is 1200. The molecule has 154 valence electrons. The molecule has 31 heavy (non-hydrogen) atoms. The summed E-state index contributed by atoms with van der Waals surface area (Å²) < 4.78 is 1.68. The molecule has 1 aliphatic heterocycles. The molecule has 1 aromatic heterocycles. The smallest absolute Gasteiger partial charge is 0.242 e. The van der Waals surface area contributed by atoms with E-state index in [0.29, 0.717) is 5.16 Å². The molecule has 0 unspecified atom stereocenters. The Labute approximate surface area is 184 Å². The number of aromatic nitrogens is 4. The number of aryl methyl sites for hydroxylation is 3. The third kappa shape index (κ3) is 3.84. The number of benzene rings is 3. The fraction of sp³-hybridized carbons (Fsp3) is 0.167. The topological polar surface area (TPSA) is 63.9 Å². The van der Waals surface area contributed by atoms with Gasteiger partial charge in [-0.3, -0.25) is 9.69 Å². The van der Waals surface area contributed by atoms with Gasteiger partial charge in [0.05, 0.1) is 22.8 Å². The number of anilines is 2. The lowest BCUT2D eigenvalue weighted by Crippen LogP contribution is -2.28. The highest BCUT2D eigenvalue weighted by Gasteiger charge is 2.26. The average Bonchev–Trinajstić information content (AvgIpc) is 3.20. The van der Waals surface area contributed by atoms with E-state index in [2.05, 4.69) is 27.7 Å². The number of fused-ring (bicyclic) bond motifs is 2. The summed E-state index contributed by atoms with van der Waals surface area (Å²) in [5.41, 5.74) is 6.28. The van der Waals surface area contributed by atoms with Gasteiger partial charge in [0.15, 0.2) is 0 Å². The monoisotopic (exact) mass is 427 g/mol. The van der Waals surface area contributed by atoms with Crippen LogP contribution in [-0.4, -0.2) is 31.9 Å². The maximum absolute atomic E-state index is 13.5. The molecule has 1 aliphatic rings. The molecule has 0 N–H and O–H groups in total. The van der Waals surface area contributed by atoms with Gasteiger partial charge >= 0.3 is 0 Å². The molecule has 0 spiro atoms. The van der Waals surface area contributed by atoms with E-state index in [4.69, 9.17) is 0 Å². The number of carbonyl (C=O) groups excluding carboxylic acids is 1. The van der Waals surface area contributed by atoms with Crippen LogP contribution in [-0.2, 0) is 17.6 Å². The normalized spacial score (nSPS) is 12.7. The molecule has 6 nitrogen and oxygen atoms in total. The third-order valence-corrected chi connectivity index (χ3v) is 6.29. The number of rotatable bonds is 4. The minimum Gasteiger partial charge on any atom is -0.280 e. The molecular formula is C24H21N5OS. The van der Waals surface area contributed by atoms with Crippen LogP contribution >= 0.6 is 11.8 Å². The van der Waals surface area contributed by atoms with Crippen LogP contribution in [0.25, 0.3) is 5.69 Å². The first kappa shape index (κ1) is 19.5. The fourth-order valence-electron chi connectivity index (χ4n) is 3.93. The van der Waals surface area contributed by atoms with Crippen LogP contribution in [0.4, 0.5) is 11.4 Å². The van der Waals surface area contributed by atoms with Crippen molar-refractivity contribution in [2.75, 3.05) is 10.7 Å². The van der Waals surface area contributed by atoms with Gasteiger partial charge in [-0.2, -0.15) is 4.68 Å². The molecule has 4 aromatic rings. The van der Waals surface area contributed by atoms with Crippen LogP contribution < -0.4 is 4.90 Å². The van der Waals surface area contributed by atoms with Crippen molar-refractivity contribution in [3.8, 4) is 5.69 Å².